The van der Waals surface area contributed by atoms with Gasteiger partial charge >= 0.3 is 0 Å². The SMILES string of the molecule is CC/C(=N\NC(=O)c1ccc(C(C)C)cc1)c1ccc(Cl)cc1. The van der Waals surface area contributed by atoms with E-state index in [0.717, 1.165) is 11.3 Å². The molecule has 0 fully saturated rings. The summed E-state index contributed by atoms with van der Waals surface area (Å²) in [6.07, 6.45) is 0.716. The van der Waals surface area contributed by atoms with Crippen molar-refractivity contribution in [2.75, 3.05) is 0 Å². The summed E-state index contributed by atoms with van der Waals surface area (Å²) in [4.78, 5) is 12.2. The maximum atomic E-state index is 12.2. The molecule has 0 aliphatic heterocycles. The topological polar surface area (TPSA) is 41.5 Å². The molecule has 1 amide bonds. The van der Waals surface area contributed by atoms with Gasteiger partial charge in [-0.1, -0.05) is 56.6 Å². The first-order valence-electron chi connectivity index (χ1n) is 7.74. The summed E-state index contributed by atoms with van der Waals surface area (Å²) in [5.41, 5.74) is 6.20. The molecule has 0 saturated heterocycles. The van der Waals surface area contributed by atoms with Gasteiger partial charge in [-0.15, -0.1) is 0 Å². The van der Waals surface area contributed by atoms with Gasteiger partial charge in [0.15, 0.2) is 0 Å². The third kappa shape index (κ3) is 4.67. The van der Waals surface area contributed by atoms with Gasteiger partial charge in [0.25, 0.3) is 5.91 Å². The van der Waals surface area contributed by atoms with Crippen LogP contribution in [0.3, 0.4) is 0 Å². The summed E-state index contributed by atoms with van der Waals surface area (Å²) >= 11 is 5.89. The van der Waals surface area contributed by atoms with Gasteiger partial charge in [-0.3, -0.25) is 4.79 Å². The molecule has 0 atom stereocenters. The fraction of sp³-hybridized carbons (Fsp3) is 0.263. The molecule has 0 aliphatic rings. The summed E-state index contributed by atoms with van der Waals surface area (Å²) < 4.78 is 0. The molecule has 0 bridgehead atoms. The van der Waals surface area contributed by atoms with Crippen LogP contribution in [0.5, 0.6) is 0 Å². The number of carbonyl (C=O) groups is 1. The van der Waals surface area contributed by atoms with Gasteiger partial charge in [0.1, 0.15) is 0 Å². The average molecular weight is 329 g/mol. The van der Waals surface area contributed by atoms with E-state index in [2.05, 4.69) is 24.4 Å². The first-order chi connectivity index (χ1) is 11.0. The van der Waals surface area contributed by atoms with Crippen molar-refractivity contribution in [1.29, 1.82) is 0 Å². The lowest BCUT2D eigenvalue weighted by atomic mass is 10.0. The van der Waals surface area contributed by atoms with E-state index in [1.54, 1.807) is 0 Å². The first-order valence-corrected chi connectivity index (χ1v) is 8.12. The Balaban J connectivity index is 2.10. The highest BCUT2D eigenvalue weighted by molar-refractivity contribution is 6.30. The van der Waals surface area contributed by atoms with Gasteiger partial charge in [-0.05, 0) is 47.7 Å². The van der Waals surface area contributed by atoms with Crippen molar-refractivity contribution >= 4 is 23.2 Å². The molecular formula is C19H21ClN2O. The number of hydrogen-bond acceptors (Lipinski definition) is 2. The zero-order chi connectivity index (χ0) is 16.8. The number of hydrazone groups is 1. The molecular weight excluding hydrogens is 308 g/mol. The third-order valence-corrected chi connectivity index (χ3v) is 3.90. The number of nitrogens with one attached hydrogen (secondary N) is 1. The van der Waals surface area contributed by atoms with Crippen LogP contribution in [-0.2, 0) is 0 Å². The summed E-state index contributed by atoms with van der Waals surface area (Å²) in [7, 11) is 0. The lowest BCUT2D eigenvalue weighted by molar-refractivity contribution is 0.0955. The minimum atomic E-state index is -0.208. The average Bonchev–Trinajstić information content (AvgIpc) is 2.56. The van der Waals surface area contributed by atoms with E-state index in [1.165, 1.54) is 5.56 Å². The molecule has 0 radical (unpaired) electrons. The number of benzene rings is 2. The van der Waals surface area contributed by atoms with Gasteiger partial charge in [0.05, 0.1) is 5.71 Å². The Hall–Kier alpha value is -2.13. The van der Waals surface area contributed by atoms with Crippen LogP contribution in [0.25, 0.3) is 0 Å². The molecule has 0 heterocycles. The molecule has 0 saturated carbocycles. The van der Waals surface area contributed by atoms with Gasteiger partial charge < -0.3 is 0 Å². The van der Waals surface area contributed by atoms with E-state index in [1.807, 2.05) is 55.5 Å². The Morgan fingerprint density at radius 2 is 1.61 bits per heavy atom. The Kier molecular flexibility index (Phi) is 5.94. The molecule has 0 aromatic heterocycles. The van der Waals surface area contributed by atoms with Crippen molar-refractivity contribution in [2.45, 2.75) is 33.1 Å². The molecule has 1 N–H and O–H groups in total. The van der Waals surface area contributed by atoms with E-state index >= 15 is 0 Å². The van der Waals surface area contributed by atoms with Crippen LogP contribution >= 0.6 is 11.6 Å². The zero-order valence-electron chi connectivity index (χ0n) is 13.6. The summed E-state index contributed by atoms with van der Waals surface area (Å²) in [6, 6.07) is 15.0. The molecule has 0 unspecified atom stereocenters. The molecule has 2 aromatic carbocycles. The second-order valence-electron chi connectivity index (χ2n) is 5.64. The zero-order valence-corrected chi connectivity index (χ0v) is 14.4. The van der Waals surface area contributed by atoms with Crippen LogP contribution in [0.1, 0.15) is 54.6 Å². The van der Waals surface area contributed by atoms with Gasteiger partial charge in [0.2, 0.25) is 0 Å². The Bertz CT molecular complexity index is 688. The first kappa shape index (κ1) is 17.2. The van der Waals surface area contributed by atoms with Crippen LogP contribution in [-0.4, -0.2) is 11.6 Å². The van der Waals surface area contributed by atoms with E-state index in [4.69, 9.17) is 11.6 Å². The highest BCUT2D eigenvalue weighted by atomic mass is 35.5. The smallest absolute Gasteiger partial charge is 0.267 e. The van der Waals surface area contributed by atoms with Crippen LogP contribution in [0.15, 0.2) is 53.6 Å². The minimum Gasteiger partial charge on any atom is -0.267 e. The fourth-order valence-corrected chi connectivity index (χ4v) is 2.32. The lowest BCUT2D eigenvalue weighted by Gasteiger charge is -2.07. The monoisotopic (exact) mass is 328 g/mol. The second kappa shape index (κ2) is 7.93. The second-order valence-corrected chi connectivity index (χ2v) is 6.07. The highest BCUT2D eigenvalue weighted by Crippen LogP contribution is 2.15. The number of hydrogen-bond donors (Lipinski definition) is 1. The molecule has 0 spiro atoms. The Morgan fingerprint density at radius 3 is 2.13 bits per heavy atom. The summed E-state index contributed by atoms with van der Waals surface area (Å²) in [5, 5.41) is 4.93. The maximum absolute atomic E-state index is 12.2. The maximum Gasteiger partial charge on any atom is 0.271 e. The largest absolute Gasteiger partial charge is 0.271 e. The Morgan fingerprint density at radius 1 is 1.04 bits per heavy atom. The van der Waals surface area contributed by atoms with Crippen molar-refractivity contribution in [3.63, 3.8) is 0 Å². The van der Waals surface area contributed by atoms with E-state index in [-0.39, 0.29) is 5.91 Å². The van der Waals surface area contributed by atoms with Crippen LogP contribution in [0.4, 0.5) is 0 Å². The van der Waals surface area contributed by atoms with Crippen molar-refractivity contribution < 1.29 is 4.79 Å². The Labute approximate surface area is 142 Å². The number of carbonyl (C=O) groups excluding carboxylic acids is 1. The molecule has 2 aromatic rings. The van der Waals surface area contributed by atoms with Crippen molar-refractivity contribution in [1.82, 2.24) is 5.43 Å². The highest BCUT2D eigenvalue weighted by Gasteiger charge is 2.07. The van der Waals surface area contributed by atoms with Gasteiger partial charge in [0, 0.05) is 10.6 Å². The van der Waals surface area contributed by atoms with E-state index in [0.29, 0.717) is 22.9 Å². The predicted molar refractivity (Wildman–Crippen MR) is 96.3 cm³/mol. The number of halogens is 1. The molecule has 23 heavy (non-hydrogen) atoms. The molecule has 4 heteroatoms. The van der Waals surface area contributed by atoms with Crippen LogP contribution in [0.2, 0.25) is 5.02 Å². The molecule has 0 aliphatic carbocycles. The molecule has 3 nitrogen and oxygen atoms in total. The van der Waals surface area contributed by atoms with Crippen LogP contribution in [0, 0.1) is 0 Å². The number of amides is 1. The normalized spacial score (nSPS) is 11.6. The van der Waals surface area contributed by atoms with Crippen molar-refractivity contribution in [2.24, 2.45) is 5.10 Å². The lowest BCUT2D eigenvalue weighted by Crippen LogP contribution is -2.20. The minimum absolute atomic E-state index is 0.208. The van der Waals surface area contributed by atoms with E-state index < -0.39 is 0 Å². The van der Waals surface area contributed by atoms with Crippen molar-refractivity contribution in [3.05, 3.63) is 70.2 Å². The van der Waals surface area contributed by atoms with Gasteiger partial charge in [-0.2, -0.15) is 5.10 Å². The van der Waals surface area contributed by atoms with Crippen molar-refractivity contribution in [3.8, 4) is 0 Å². The van der Waals surface area contributed by atoms with Crippen LogP contribution < -0.4 is 5.43 Å². The van der Waals surface area contributed by atoms with E-state index in [9.17, 15) is 4.79 Å². The quantitative estimate of drug-likeness (QED) is 0.608. The summed E-state index contributed by atoms with van der Waals surface area (Å²) in [5.74, 6) is 0.238. The standard InChI is InChI=1S/C19H21ClN2O/c1-4-18(15-9-11-17(20)12-10-15)21-22-19(23)16-7-5-14(6-8-16)13(2)3/h5-13H,4H2,1-3H3,(H,22,23)/b21-18+. The molecule has 2 rings (SSSR count). The van der Waals surface area contributed by atoms with Gasteiger partial charge in [-0.25, -0.2) is 5.43 Å². The fourth-order valence-electron chi connectivity index (χ4n) is 2.19. The predicted octanol–water partition coefficient (Wildman–Crippen LogP) is 5.01. The molecule has 120 valence electrons. The number of rotatable bonds is 5. The third-order valence-electron chi connectivity index (χ3n) is 3.64. The summed E-state index contributed by atoms with van der Waals surface area (Å²) in [6.45, 7) is 6.25. The number of nitrogens with zero attached hydrogens (tertiary/aromatic N) is 1.